The lowest BCUT2D eigenvalue weighted by Crippen LogP contribution is -2.39. The second-order valence-corrected chi connectivity index (χ2v) is 6.16. The van der Waals surface area contributed by atoms with Crippen molar-refractivity contribution in [3.8, 4) is 5.75 Å². The van der Waals surface area contributed by atoms with Gasteiger partial charge in [-0.1, -0.05) is 0 Å². The van der Waals surface area contributed by atoms with Crippen molar-refractivity contribution in [2.75, 3.05) is 30.4 Å². The lowest BCUT2D eigenvalue weighted by Gasteiger charge is -2.18. The number of ether oxygens (including phenoxy) is 1. The van der Waals surface area contributed by atoms with Crippen LogP contribution in [-0.4, -0.2) is 37.3 Å². The molecule has 6 nitrogen and oxygen atoms in total. The Kier molecular flexibility index (Phi) is 5.38. The molecule has 2 aromatic rings. The number of carbonyl (C=O) groups is 1. The lowest BCUT2D eigenvalue weighted by molar-refractivity contribution is -0.137. The molecule has 1 atom stereocenters. The topological polar surface area (TPSA) is 66.5 Å². The van der Waals surface area contributed by atoms with Crippen LogP contribution in [0.25, 0.3) is 0 Å². The highest BCUT2D eigenvalue weighted by atomic mass is 19.4. The first kappa shape index (κ1) is 18.8. The van der Waals surface area contributed by atoms with Crippen LogP contribution < -0.4 is 20.3 Å². The zero-order chi connectivity index (χ0) is 19.4. The lowest BCUT2D eigenvalue weighted by atomic mass is 10.2. The third-order valence-corrected chi connectivity index (χ3v) is 4.27. The Morgan fingerprint density at radius 2 is 1.96 bits per heavy atom. The average Bonchev–Trinajstić information content (AvgIpc) is 3.10. The van der Waals surface area contributed by atoms with Crippen molar-refractivity contribution in [2.24, 2.45) is 0 Å². The number of halogens is 3. The summed E-state index contributed by atoms with van der Waals surface area (Å²) in [6.07, 6.45) is -2.90. The molecule has 1 unspecified atom stereocenters. The number of hydrogen-bond acceptors (Lipinski definition) is 4. The van der Waals surface area contributed by atoms with Crippen LogP contribution >= 0.6 is 0 Å². The van der Waals surface area contributed by atoms with Gasteiger partial charge in [-0.2, -0.15) is 13.2 Å². The molecule has 0 aliphatic carbocycles. The van der Waals surface area contributed by atoms with Crippen LogP contribution in [0.4, 0.5) is 29.5 Å². The van der Waals surface area contributed by atoms with Crippen LogP contribution in [-0.2, 0) is 6.18 Å². The van der Waals surface area contributed by atoms with Gasteiger partial charge < -0.3 is 20.3 Å². The van der Waals surface area contributed by atoms with Crippen molar-refractivity contribution >= 4 is 17.5 Å². The van der Waals surface area contributed by atoms with Crippen molar-refractivity contribution in [3.63, 3.8) is 0 Å². The number of nitrogens with one attached hydrogen (secondary N) is 2. The monoisotopic (exact) mass is 380 g/mol. The van der Waals surface area contributed by atoms with E-state index in [9.17, 15) is 18.0 Å². The summed E-state index contributed by atoms with van der Waals surface area (Å²) >= 11 is 0. The van der Waals surface area contributed by atoms with Crippen LogP contribution in [0.1, 0.15) is 12.0 Å². The predicted octanol–water partition coefficient (Wildman–Crippen LogP) is 3.51. The Morgan fingerprint density at radius 1 is 1.22 bits per heavy atom. The van der Waals surface area contributed by atoms with Gasteiger partial charge >= 0.3 is 12.2 Å². The second kappa shape index (κ2) is 7.73. The fourth-order valence-electron chi connectivity index (χ4n) is 2.85. The minimum absolute atomic E-state index is 0.118. The highest BCUT2D eigenvalue weighted by molar-refractivity contribution is 5.89. The van der Waals surface area contributed by atoms with Crippen molar-refractivity contribution in [1.82, 2.24) is 10.3 Å². The SMILES string of the molecule is COc1ccc(NC(=O)NC2CCN(c3ccc(C(F)(F)F)cn3)C2)cc1. The fraction of sp³-hybridized carbons (Fsp3) is 0.333. The number of anilines is 2. The first-order chi connectivity index (χ1) is 12.8. The Balaban J connectivity index is 1.52. The zero-order valence-electron chi connectivity index (χ0n) is 14.6. The van der Waals surface area contributed by atoms with Gasteiger partial charge in [-0.3, -0.25) is 0 Å². The molecule has 144 valence electrons. The van der Waals surface area contributed by atoms with E-state index in [-0.39, 0.29) is 12.1 Å². The van der Waals surface area contributed by atoms with Crippen molar-refractivity contribution < 1.29 is 22.7 Å². The number of benzene rings is 1. The standard InChI is InChI=1S/C18H19F3N4O2/c1-27-15-5-3-13(4-6-15)23-17(26)24-14-8-9-25(11-14)16-7-2-12(10-22-16)18(19,20)21/h2-7,10,14H,8-9,11H2,1H3,(H2,23,24,26). The highest BCUT2D eigenvalue weighted by Crippen LogP contribution is 2.29. The molecule has 0 spiro atoms. The van der Waals surface area contributed by atoms with Gasteiger partial charge in [0.25, 0.3) is 0 Å². The summed E-state index contributed by atoms with van der Waals surface area (Å²) in [5, 5.41) is 5.59. The molecule has 1 saturated heterocycles. The molecule has 1 aromatic carbocycles. The van der Waals surface area contributed by atoms with E-state index in [0.29, 0.717) is 36.8 Å². The van der Waals surface area contributed by atoms with E-state index in [2.05, 4.69) is 15.6 Å². The van der Waals surface area contributed by atoms with E-state index in [1.54, 1.807) is 31.4 Å². The molecule has 2 amide bonds. The summed E-state index contributed by atoms with van der Waals surface area (Å²) in [6.45, 7) is 1.08. The predicted molar refractivity (Wildman–Crippen MR) is 95.0 cm³/mol. The Labute approximate surface area is 154 Å². The van der Waals surface area contributed by atoms with Crippen LogP contribution in [0.2, 0.25) is 0 Å². The number of nitrogens with zero attached hydrogens (tertiary/aromatic N) is 2. The van der Waals surface area contributed by atoms with Crippen LogP contribution in [0.3, 0.4) is 0 Å². The van der Waals surface area contributed by atoms with E-state index in [1.165, 1.54) is 6.07 Å². The number of aromatic nitrogens is 1. The van der Waals surface area contributed by atoms with Gasteiger partial charge in [0.1, 0.15) is 11.6 Å². The van der Waals surface area contributed by atoms with E-state index in [4.69, 9.17) is 4.74 Å². The van der Waals surface area contributed by atoms with Gasteiger partial charge in [0.15, 0.2) is 0 Å². The number of hydrogen-bond donors (Lipinski definition) is 2. The molecule has 9 heteroatoms. The van der Waals surface area contributed by atoms with E-state index < -0.39 is 11.7 Å². The van der Waals surface area contributed by atoms with E-state index in [0.717, 1.165) is 12.3 Å². The fourth-order valence-corrected chi connectivity index (χ4v) is 2.85. The van der Waals surface area contributed by atoms with Crippen molar-refractivity contribution in [2.45, 2.75) is 18.6 Å². The smallest absolute Gasteiger partial charge is 0.417 e. The molecule has 1 aromatic heterocycles. The number of methoxy groups -OCH3 is 1. The summed E-state index contributed by atoms with van der Waals surface area (Å²) in [4.78, 5) is 17.8. The number of alkyl halides is 3. The molecule has 2 N–H and O–H groups in total. The van der Waals surface area contributed by atoms with Gasteiger partial charge in [-0.05, 0) is 42.8 Å². The number of urea groups is 1. The third-order valence-electron chi connectivity index (χ3n) is 4.27. The van der Waals surface area contributed by atoms with Gasteiger partial charge in [-0.15, -0.1) is 0 Å². The van der Waals surface area contributed by atoms with Gasteiger partial charge in [0.05, 0.1) is 12.7 Å². The van der Waals surface area contributed by atoms with Gasteiger partial charge in [0.2, 0.25) is 0 Å². The average molecular weight is 380 g/mol. The molecular formula is C18H19F3N4O2. The first-order valence-electron chi connectivity index (χ1n) is 8.35. The Bertz CT molecular complexity index is 779. The summed E-state index contributed by atoms with van der Waals surface area (Å²) in [6, 6.07) is 8.84. The molecule has 3 rings (SSSR count). The van der Waals surface area contributed by atoms with E-state index >= 15 is 0 Å². The van der Waals surface area contributed by atoms with E-state index in [1.807, 2.05) is 4.90 Å². The Hall–Kier alpha value is -2.97. The highest BCUT2D eigenvalue weighted by Gasteiger charge is 2.31. The minimum Gasteiger partial charge on any atom is -0.497 e. The zero-order valence-corrected chi connectivity index (χ0v) is 14.6. The number of amides is 2. The Morgan fingerprint density at radius 3 is 2.56 bits per heavy atom. The van der Waals surface area contributed by atoms with Crippen LogP contribution in [0, 0.1) is 0 Å². The molecule has 1 aliphatic heterocycles. The summed E-state index contributed by atoms with van der Waals surface area (Å²) in [5.41, 5.74) is -0.147. The third kappa shape index (κ3) is 4.81. The quantitative estimate of drug-likeness (QED) is 0.852. The van der Waals surface area contributed by atoms with Crippen LogP contribution in [0.5, 0.6) is 5.75 Å². The maximum atomic E-state index is 12.6. The second-order valence-electron chi connectivity index (χ2n) is 6.16. The number of carbonyl (C=O) groups excluding carboxylic acids is 1. The summed E-state index contributed by atoms with van der Waals surface area (Å²) < 4.78 is 42.9. The molecule has 0 saturated carbocycles. The van der Waals surface area contributed by atoms with Gasteiger partial charge in [0, 0.05) is 31.0 Å². The summed E-state index contributed by atoms with van der Waals surface area (Å²) in [7, 11) is 1.56. The maximum absolute atomic E-state index is 12.6. The van der Waals surface area contributed by atoms with Crippen molar-refractivity contribution in [1.29, 1.82) is 0 Å². The number of rotatable bonds is 4. The molecule has 1 fully saturated rings. The molecule has 0 radical (unpaired) electrons. The normalized spacial score (nSPS) is 16.9. The number of pyridine rings is 1. The molecule has 0 bridgehead atoms. The summed E-state index contributed by atoms with van der Waals surface area (Å²) in [5.74, 6) is 1.15. The largest absolute Gasteiger partial charge is 0.497 e. The molecule has 2 heterocycles. The first-order valence-corrected chi connectivity index (χ1v) is 8.35. The minimum atomic E-state index is -4.40. The molecule has 27 heavy (non-hydrogen) atoms. The van der Waals surface area contributed by atoms with Gasteiger partial charge in [-0.25, -0.2) is 9.78 Å². The molecular weight excluding hydrogens is 361 g/mol. The molecule has 1 aliphatic rings. The maximum Gasteiger partial charge on any atom is 0.417 e. The van der Waals surface area contributed by atoms with Crippen molar-refractivity contribution in [3.05, 3.63) is 48.2 Å². The van der Waals surface area contributed by atoms with Crippen LogP contribution in [0.15, 0.2) is 42.6 Å².